The molecule has 2 saturated carbocycles. The highest BCUT2D eigenvalue weighted by Gasteiger charge is 2.54. The Morgan fingerprint density at radius 2 is 1.77 bits per heavy atom. The molecule has 2 heteroatoms. The smallest absolute Gasteiger partial charge is 0.0724 e. The zero-order valence-corrected chi connectivity index (χ0v) is 14.2. The second-order valence-corrected chi connectivity index (χ2v) is 8.82. The molecule has 0 spiro atoms. The van der Waals surface area contributed by atoms with Crippen molar-refractivity contribution in [2.75, 3.05) is 0 Å². The van der Waals surface area contributed by atoms with Crippen molar-refractivity contribution in [2.45, 2.75) is 77.9 Å². The molecule has 0 bridgehead atoms. The highest BCUT2D eigenvalue weighted by molar-refractivity contribution is 5.41. The fraction of sp³-hybridized carbons (Fsp3) is 0.800. The molecule has 4 aliphatic rings. The summed E-state index contributed by atoms with van der Waals surface area (Å²) in [6.45, 7) is 7.11. The molecule has 4 aliphatic carbocycles. The predicted octanol–water partition coefficient (Wildman–Crippen LogP) is 3.98. The third-order valence-electron chi connectivity index (χ3n) is 7.68. The maximum absolute atomic E-state index is 10.5. The molecular weight excluding hydrogens is 272 g/mol. The molecule has 0 radical (unpaired) electrons. The van der Waals surface area contributed by atoms with Gasteiger partial charge in [-0.3, -0.25) is 0 Å². The monoisotopic (exact) mass is 302 g/mol. The molecule has 2 fully saturated rings. The second kappa shape index (κ2) is 4.70. The van der Waals surface area contributed by atoms with Crippen LogP contribution in [0.4, 0.5) is 0 Å². The summed E-state index contributed by atoms with van der Waals surface area (Å²) in [4.78, 5) is 0. The zero-order valence-electron chi connectivity index (χ0n) is 14.2. The SMILES string of the molecule is C[C@H]1CC2=C[C@@H](O)CC[C@]2(C)[C@H]2CC[C@@]3(C)C(=C12)CC[C@@H]3O. The normalized spacial score (nSPS) is 51.0. The Bertz CT molecular complexity index is 560. The van der Waals surface area contributed by atoms with Crippen LogP contribution in [0, 0.1) is 22.7 Å². The number of hydrogen-bond acceptors (Lipinski definition) is 2. The Hall–Kier alpha value is -0.600. The van der Waals surface area contributed by atoms with E-state index in [0.29, 0.717) is 11.8 Å². The quantitative estimate of drug-likeness (QED) is 0.664. The molecule has 2 nitrogen and oxygen atoms in total. The van der Waals surface area contributed by atoms with Gasteiger partial charge in [0.25, 0.3) is 0 Å². The molecule has 0 aromatic rings. The van der Waals surface area contributed by atoms with Crippen molar-refractivity contribution in [3.63, 3.8) is 0 Å². The first-order chi connectivity index (χ1) is 10.4. The summed E-state index contributed by atoms with van der Waals surface area (Å²) in [5.74, 6) is 1.22. The van der Waals surface area contributed by atoms with Crippen molar-refractivity contribution < 1.29 is 10.2 Å². The van der Waals surface area contributed by atoms with Gasteiger partial charge in [-0.2, -0.15) is 0 Å². The van der Waals surface area contributed by atoms with E-state index in [0.717, 1.165) is 38.5 Å². The van der Waals surface area contributed by atoms with Gasteiger partial charge in [0, 0.05) is 5.41 Å². The fourth-order valence-electron chi connectivity index (χ4n) is 6.24. The largest absolute Gasteiger partial charge is 0.392 e. The first-order valence-electron chi connectivity index (χ1n) is 9.17. The van der Waals surface area contributed by atoms with Crippen LogP contribution in [0.2, 0.25) is 0 Å². The first-order valence-corrected chi connectivity index (χ1v) is 9.17. The van der Waals surface area contributed by atoms with Crippen LogP contribution in [0.5, 0.6) is 0 Å². The summed E-state index contributed by atoms with van der Waals surface area (Å²) in [7, 11) is 0. The van der Waals surface area contributed by atoms with E-state index in [1.54, 1.807) is 11.1 Å². The molecule has 0 heterocycles. The highest BCUT2D eigenvalue weighted by atomic mass is 16.3. The van der Waals surface area contributed by atoms with Crippen molar-refractivity contribution in [1.82, 2.24) is 0 Å². The lowest BCUT2D eigenvalue weighted by molar-refractivity contribution is 0.0478. The molecule has 4 rings (SSSR count). The van der Waals surface area contributed by atoms with Crippen molar-refractivity contribution in [3.8, 4) is 0 Å². The van der Waals surface area contributed by atoms with Gasteiger partial charge in [0.1, 0.15) is 0 Å². The van der Waals surface area contributed by atoms with E-state index in [-0.39, 0.29) is 23.0 Å². The van der Waals surface area contributed by atoms with E-state index in [9.17, 15) is 10.2 Å². The summed E-state index contributed by atoms with van der Waals surface area (Å²) < 4.78 is 0. The van der Waals surface area contributed by atoms with Gasteiger partial charge in [0.2, 0.25) is 0 Å². The van der Waals surface area contributed by atoms with Crippen molar-refractivity contribution in [1.29, 1.82) is 0 Å². The van der Waals surface area contributed by atoms with Gasteiger partial charge in [0.15, 0.2) is 0 Å². The minimum atomic E-state index is -0.230. The third kappa shape index (κ3) is 1.80. The molecule has 0 amide bonds. The zero-order chi connectivity index (χ0) is 15.7. The van der Waals surface area contributed by atoms with Crippen LogP contribution in [-0.4, -0.2) is 22.4 Å². The fourth-order valence-corrected chi connectivity index (χ4v) is 6.24. The Morgan fingerprint density at radius 3 is 2.55 bits per heavy atom. The summed E-state index contributed by atoms with van der Waals surface area (Å²) in [6.07, 6.45) is 9.33. The number of allylic oxidation sites excluding steroid dienone is 2. The third-order valence-corrected chi connectivity index (χ3v) is 7.68. The van der Waals surface area contributed by atoms with Gasteiger partial charge in [-0.05, 0) is 62.2 Å². The molecule has 0 aromatic heterocycles. The molecule has 122 valence electrons. The Morgan fingerprint density at radius 1 is 1.05 bits per heavy atom. The molecule has 6 atom stereocenters. The standard InChI is InChI=1S/C20H30O2/c1-12-10-13-11-14(21)6-8-19(13,2)16-7-9-20(3)15(18(12)16)4-5-17(20)22/h11-12,14,16-17,21-22H,4-10H2,1-3H3/t12-,14-,16-,17-,19-,20-/m0/s1. The molecule has 22 heavy (non-hydrogen) atoms. The van der Waals surface area contributed by atoms with Gasteiger partial charge in [0.05, 0.1) is 12.2 Å². The van der Waals surface area contributed by atoms with Crippen molar-refractivity contribution >= 4 is 0 Å². The Labute approximate surface area is 134 Å². The minimum Gasteiger partial charge on any atom is -0.392 e. The van der Waals surface area contributed by atoms with Gasteiger partial charge >= 0.3 is 0 Å². The van der Waals surface area contributed by atoms with E-state index in [1.807, 2.05) is 0 Å². The first kappa shape index (κ1) is 15.0. The van der Waals surface area contributed by atoms with Gasteiger partial charge in [-0.15, -0.1) is 0 Å². The minimum absolute atomic E-state index is 0.0475. The Balaban J connectivity index is 1.83. The summed E-state index contributed by atoms with van der Waals surface area (Å²) in [6, 6.07) is 0. The van der Waals surface area contributed by atoms with Crippen LogP contribution in [0.25, 0.3) is 0 Å². The number of rotatable bonds is 0. The molecule has 0 unspecified atom stereocenters. The van der Waals surface area contributed by atoms with E-state index >= 15 is 0 Å². The van der Waals surface area contributed by atoms with E-state index in [4.69, 9.17) is 0 Å². The highest BCUT2D eigenvalue weighted by Crippen LogP contribution is 2.63. The predicted molar refractivity (Wildman–Crippen MR) is 88.3 cm³/mol. The average Bonchev–Trinajstić information content (AvgIpc) is 2.77. The van der Waals surface area contributed by atoms with Crippen molar-refractivity contribution in [2.24, 2.45) is 22.7 Å². The summed E-state index contributed by atoms with van der Waals surface area (Å²) in [5.41, 5.74) is 5.11. The van der Waals surface area contributed by atoms with Crippen LogP contribution in [0.3, 0.4) is 0 Å². The number of fused-ring (bicyclic) bond motifs is 4. The van der Waals surface area contributed by atoms with Crippen LogP contribution < -0.4 is 0 Å². The molecular formula is C20H30O2. The molecule has 0 aromatic carbocycles. The maximum atomic E-state index is 10.5. The summed E-state index contributed by atoms with van der Waals surface area (Å²) in [5, 5.41) is 20.6. The van der Waals surface area contributed by atoms with Gasteiger partial charge in [-0.25, -0.2) is 0 Å². The summed E-state index contributed by atoms with van der Waals surface area (Å²) >= 11 is 0. The van der Waals surface area contributed by atoms with Crippen LogP contribution >= 0.6 is 0 Å². The van der Waals surface area contributed by atoms with E-state index in [1.165, 1.54) is 12.0 Å². The van der Waals surface area contributed by atoms with Crippen LogP contribution in [0.15, 0.2) is 22.8 Å². The maximum Gasteiger partial charge on any atom is 0.0724 e. The second-order valence-electron chi connectivity index (χ2n) is 8.82. The number of hydrogen-bond donors (Lipinski definition) is 2. The topological polar surface area (TPSA) is 40.5 Å². The molecule has 0 saturated heterocycles. The van der Waals surface area contributed by atoms with E-state index < -0.39 is 0 Å². The lowest BCUT2D eigenvalue weighted by atomic mass is 9.50. The lowest BCUT2D eigenvalue weighted by Crippen LogP contribution is -2.45. The van der Waals surface area contributed by atoms with Crippen LogP contribution in [0.1, 0.15) is 65.7 Å². The van der Waals surface area contributed by atoms with E-state index in [2.05, 4.69) is 26.8 Å². The Kier molecular flexibility index (Phi) is 3.20. The average molecular weight is 302 g/mol. The molecule has 0 aliphatic heterocycles. The molecule has 2 N–H and O–H groups in total. The van der Waals surface area contributed by atoms with Gasteiger partial charge < -0.3 is 10.2 Å². The number of aliphatic hydroxyl groups excluding tert-OH is 2. The lowest BCUT2D eigenvalue weighted by Gasteiger charge is -2.55. The van der Waals surface area contributed by atoms with Crippen LogP contribution in [-0.2, 0) is 0 Å². The van der Waals surface area contributed by atoms with Crippen molar-refractivity contribution in [3.05, 3.63) is 22.8 Å². The number of aliphatic hydroxyl groups is 2. The van der Waals surface area contributed by atoms with Gasteiger partial charge in [-0.1, -0.05) is 43.6 Å².